The van der Waals surface area contributed by atoms with Gasteiger partial charge in [-0.25, -0.2) is 0 Å². The maximum absolute atomic E-state index is 13.4. The predicted octanol–water partition coefficient (Wildman–Crippen LogP) is 4.59. The third kappa shape index (κ3) is 4.34. The van der Waals surface area contributed by atoms with Crippen LogP contribution in [0.25, 0.3) is 0 Å². The molecule has 0 bridgehead atoms. The molecule has 2 aliphatic rings. The first kappa shape index (κ1) is 21.8. The number of hydrogen-bond acceptors (Lipinski definition) is 4. The molecule has 160 valence electrons. The van der Waals surface area contributed by atoms with Crippen molar-refractivity contribution in [1.82, 2.24) is 0 Å². The van der Waals surface area contributed by atoms with Crippen LogP contribution in [0.15, 0.2) is 12.1 Å². The summed E-state index contributed by atoms with van der Waals surface area (Å²) < 4.78 is 47.7. The summed E-state index contributed by atoms with van der Waals surface area (Å²) in [6.45, 7) is 4.66. The Morgan fingerprint density at radius 3 is 2.14 bits per heavy atom. The fraction of sp³-hybridized carbons (Fsp3) is 0.636. The van der Waals surface area contributed by atoms with Gasteiger partial charge < -0.3 is 9.47 Å². The van der Waals surface area contributed by atoms with Crippen LogP contribution in [0.2, 0.25) is 0 Å². The van der Waals surface area contributed by atoms with Gasteiger partial charge in [-0.05, 0) is 62.1 Å². The third-order valence-electron chi connectivity index (χ3n) is 6.01. The van der Waals surface area contributed by atoms with Crippen LogP contribution in [0.1, 0.15) is 67.7 Å². The highest BCUT2D eigenvalue weighted by atomic mass is 19.4. The number of benzene rings is 1. The normalized spacial score (nSPS) is 27.5. The Kier molecular flexibility index (Phi) is 6.08. The molecule has 0 radical (unpaired) electrons. The van der Waals surface area contributed by atoms with Gasteiger partial charge in [0.05, 0.1) is 6.10 Å². The first-order chi connectivity index (χ1) is 13.6. The van der Waals surface area contributed by atoms with E-state index in [1.54, 1.807) is 0 Å². The van der Waals surface area contributed by atoms with Gasteiger partial charge in [-0.15, -0.1) is 0 Å². The number of halogens is 3. The molecule has 1 aromatic rings. The standard InChI is InChI=1S/C22H27F3O4/c1-4-14-10-13(3)11-15(5-2)17(14)18-19(26)21(29-20(18)27)8-6-16(7-9-21)28-12-22(23,24)25/h10-11,16,18H,4-9,12H2,1-3H3. The van der Waals surface area contributed by atoms with Crippen molar-refractivity contribution in [3.63, 3.8) is 0 Å². The highest BCUT2D eigenvalue weighted by Crippen LogP contribution is 2.45. The Balaban J connectivity index is 1.82. The lowest BCUT2D eigenvalue weighted by atomic mass is 9.75. The molecule has 1 saturated carbocycles. The number of ketones is 1. The van der Waals surface area contributed by atoms with E-state index in [-0.39, 0.29) is 31.5 Å². The summed E-state index contributed by atoms with van der Waals surface area (Å²) in [4.78, 5) is 26.2. The fourth-order valence-electron chi connectivity index (χ4n) is 4.61. The first-order valence-corrected chi connectivity index (χ1v) is 10.2. The van der Waals surface area contributed by atoms with Gasteiger partial charge in [-0.1, -0.05) is 31.5 Å². The highest BCUT2D eigenvalue weighted by Gasteiger charge is 2.57. The average Bonchev–Trinajstić information content (AvgIpc) is 2.89. The van der Waals surface area contributed by atoms with Gasteiger partial charge in [-0.3, -0.25) is 9.59 Å². The Hall–Kier alpha value is -1.89. The van der Waals surface area contributed by atoms with E-state index in [9.17, 15) is 22.8 Å². The molecule has 0 amide bonds. The molecule has 0 aromatic heterocycles. The molecule has 2 fully saturated rings. The summed E-state index contributed by atoms with van der Waals surface area (Å²) >= 11 is 0. The number of hydrogen-bond donors (Lipinski definition) is 0. The zero-order valence-corrected chi connectivity index (χ0v) is 17.0. The summed E-state index contributed by atoms with van der Waals surface area (Å²) in [5, 5.41) is 0. The van der Waals surface area contributed by atoms with E-state index in [4.69, 9.17) is 9.47 Å². The number of carbonyl (C=O) groups excluding carboxylic acids is 2. The largest absolute Gasteiger partial charge is 0.450 e. The van der Waals surface area contributed by atoms with E-state index in [0.717, 1.165) is 22.3 Å². The third-order valence-corrected chi connectivity index (χ3v) is 6.01. The molecule has 1 saturated heterocycles. The quantitative estimate of drug-likeness (QED) is 0.524. The van der Waals surface area contributed by atoms with E-state index in [1.165, 1.54) is 0 Å². The number of esters is 1. The lowest BCUT2D eigenvalue weighted by Gasteiger charge is -2.34. The van der Waals surface area contributed by atoms with Gasteiger partial charge in [0, 0.05) is 0 Å². The molecule has 3 rings (SSSR count). The predicted molar refractivity (Wildman–Crippen MR) is 101 cm³/mol. The van der Waals surface area contributed by atoms with Crippen molar-refractivity contribution in [2.24, 2.45) is 0 Å². The number of rotatable bonds is 5. The number of aryl methyl sites for hydroxylation is 3. The minimum absolute atomic E-state index is 0.200. The lowest BCUT2D eigenvalue weighted by molar-refractivity contribution is -0.193. The topological polar surface area (TPSA) is 52.6 Å². The van der Waals surface area contributed by atoms with Crippen LogP contribution in [-0.2, 0) is 31.9 Å². The minimum atomic E-state index is -4.38. The van der Waals surface area contributed by atoms with Crippen molar-refractivity contribution < 1.29 is 32.2 Å². The Morgan fingerprint density at radius 2 is 1.66 bits per heavy atom. The van der Waals surface area contributed by atoms with E-state index < -0.39 is 36.4 Å². The van der Waals surface area contributed by atoms with Crippen LogP contribution >= 0.6 is 0 Å². The second-order valence-corrected chi connectivity index (χ2v) is 8.04. The molecule has 1 unspecified atom stereocenters. The summed E-state index contributed by atoms with van der Waals surface area (Å²) in [6, 6.07) is 4.00. The molecule has 1 spiro atoms. The van der Waals surface area contributed by atoms with E-state index in [1.807, 2.05) is 32.9 Å². The van der Waals surface area contributed by atoms with Crippen LogP contribution in [0.5, 0.6) is 0 Å². The number of carbonyl (C=O) groups is 2. The molecule has 1 aliphatic carbocycles. The second-order valence-electron chi connectivity index (χ2n) is 8.04. The van der Waals surface area contributed by atoms with Gasteiger partial charge in [0.25, 0.3) is 0 Å². The smallest absolute Gasteiger partial charge is 0.411 e. The van der Waals surface area contributed by atoms with Crippen molar-refractivity contribution in [3.05, 3.63) is 34.4 Å². The monoisotopic (exact) mass is 412 g/mol. The van der Waals surface area contributed by atoms with E-state index in [0.29, 0.717) is 12.8 Å². The van der Waals surface area contributed by atoms with Crippen LogP contribution < -0.4 is 0 Å². The second kappa shape index (κ2) is 8.09. The molecule has 0 N–H and O–H groups in total. The molecular weight excluding hydrogens is 385 g/mol. The molecular formula is C22H27F3O4. The van der Waals surface area contributed by atoms with Crippen molar-refractivity contribution >= 4 is 11.8 Å². The van der Waals surface area contributed by atoms with Crippen molar-refractivity contribution in [1.29, 1.82) is 0 Å². The van der Waals surface area contributed by atoms with Gasteiger partial charge in [0.2, 0.25) is 0 Å². The molecule has 1 aliphatic heterocycles. The maximum atomic E-state index is 13.4. The maximum Gasteiger partial charge on any atom is 0.411 e. The SMILES string of the molecule is CCc1cc(C)cc(CC)c1C1C(=O)OC2(CCC(OCC(F)(F)F)CC2)C1=O. The van der Waals surface area contributed by atoms with Crippen LogP contribution in [0.3, 0.4) is 0 Å². The number of alkyl halides is 3. The van der Waals surface area contributed by atoms with E-state index >= 15 is 0 Å². The Morgan fingerprint density at radius 1 is 1.10 bits per heavy atom. The van der Waals surface area contributed by atoms with Gasteiger partial charge >= 0.3 is 12.1 Å². The van der Waals surface area contributed by atoms with Gasteiger partial charge in [-0.2, -0.15) is 13.2 Å². The zero-order chi connectivity index (χ0) is 21.4. The first-order valence-electron chi connectivity index (χ1n) is 10.2. The number of ether oxygens (including phenoxy) is 2. The Labute approximate surface area is 168 Å². The average molecular weight is 412 g/mol. The van der Waals surface area contributed by atoms with Crippen LogP contribution in [0.4, 0.5) is 13.2 Å². The van der Waals surface area contributed by atoms with Gasteiger partial charge in [0.1, 0.15) is 12.5 Å². The van der Waals surface area contributed by atoms with Crippen molar-refractivity contribution in [3.8, 4) is 0 Å². The van der Waals surface area contributed by atoms with Crippen LogP contribution in [-0.4, -0.2) is 36.2 Å². The zero-order valence-electron chi connectivity index (χ0n) is 17.0. The summed E-state index contributed by atoms with van der Waals surface area (Å²) in [5.74, 6) is -1.75. The Bertz CT molecular complexity index is 767. The van der Waals surface area contributed by atoms with E-state index in [2.05, 4.69) is 0 Å². The van der Waals surface area contributed by atoms with Crippen LogP contribution in [0, 0.1) is 6.92 Å². The highest BCUT2D eigenvalue weighted by molar-refractivity contribution is 6.14. The summed E-state index contributed by atoms with van der Waals surface area (Å²) in [6.07, 6.45) is -2.65. The lowest BCUT2D eigenvalue weighted by Crippen LogP contribution is -2.43. The van der Waals surface area contributed by atoms with Gasteiger partial charge in [0.15, 0.2) is 11.4 Å². The number of Topliss-reactive ketones (excluding diaryl/α,β-unsaturated/α-hetero) is 1. The molecule has 7 heteroatoms. The molecule has 1 aromatic carbocycles. The minimum Gasteiger partial charge on any atom is -0.450 e. The molecule has 4 nitrogen and oxygen atoms in total. The van der Waals surface area contributed by atoms with Crippen molar-refractivity contribution in [2.45, 2.75) is 83.1 Å². The summed E-state index contributed by atoms with van der Waals surface area (Å²) in [7, 11) is 0. The molecule has 29 heavy (non-hydrogen) atoms. The molecule has 1 heterocycles. The van der Waals surface area contributed by atoms with Crippen molar-refractivity contribution in [2.75, 3.05) is 6.61 Å². The fourth-order valence-corrected chi connectivity index (χ4v) is 4.61. The molecule has 1 atom stereocenters. The summed E-state index contributed by atoms with van der Waals surface area (Å²) in [5.41, 5.74) is 2.54.